The second-order valence-electron chi connectivity index (χ2n) is 7.91. The summed E-state index contributed by atoms with van der Waals surface area (Å²) in [5.41, 5.74) is 2.77. The van der Waals surface area contributed by atoms with Gasteiger partial charge in [-0.3, -0.25) is 4.79 Å². The van der Waals surface area contributed by atoms with Crippen molar-refractivity contribution in [2.24, 2.45) is 0 Å². The van der Waals surface area contributed by atoms with Crippen molar-refractivity contribution in [1.82, 2.24) is 0 Å². The molecule has 28 heavy (non-hydrogen) atoms. The van der Waals surface area contributed by atoms with Crippen molar-refractivity contribution in [1.29, 1.82) is 0 Å². The molecule has 4 heteroatoms. The maximum absolute atomic E-state index is 11.4. The summed E-state index contributed by atoms with van der Waals surface area (Å²) in [6.45, 7) is 11.3. The fraction of sp³-hybridized carbons (Fsp3) is 0.458. The largest absolute Gasteiger partial charge is 0.493 e. The number of aldehydes is 1. The van der Waals surface area contributed by atoms with Crippen LogP contribution in [0.4, 0.5) is 0 Å². The topological polar surface area (TPSA) is 44.8 Å². The van der Waals surface area contributed by atoms with Gasteiger partial charge in [0.15, 0.2) is 11.5 Å². The number of hydrogen-bond donors (Lipinski definition) is 0. The number of rotatable bonds is 9. The molecule has 0 heterocycles. The molecule has 2 aromatic carbocycles. The Hall–Kier alpha value is -2.49. The van der Waals surface area contributed by atoms with Crippen LogP contribution in [0.3, 0.4) is 0 Å². The number of benzene rings is 2. The number of methoxy groups -OCH3 is 1. The van der Waals surface area contributed by atoms with E-state index in [1.54, 1.807) is 19.2 Å². The Balaban J connectivity index is 2.53. The quantitative estimate of drug-likeness (QED) is 0.374. The third-order valence-corrected chi connectivity index (χ3v) is 4.62. The Morgan fingerprint density at radius 3 is 2.29 bits per heavy atom. The summed E-state index contributed by atoms with van der Waals surface area (Å²) in [5, 5.41) is 0. The fourth-order valence-corrected chi connectivity index (χ4v) is 2.94. The molecule has 0 aliphatic carbocycles. The average molecular weight is 385 g/mol. The maximum Gasteiger partial charge on any atom is 0.204 e. The normalized spacial score (nSPS) is 11.2. The van der Waals surface area contributed by atoms with Crippen molar-refractivity contribution in [3.8, 4) is 23.0 Å². The van der Waals surface area contributed by atoms with Gasteiger partial charge in [-0.05, 0) is 42.0 Å². The molecule has 0 saturated carbocycles. The number of carbonyl (C=O) groups is 1. The van der Waals surface area contributed by atoms with E-state index in [2.05, 4.69) is 46.8 Å². The van der Waals surface area contributed by atoms with E-state index in [-0.39, 0.29) is 5.41 Å². The Kier molecular flexibility index (Phi) is 7.50. The van der Waals surface area contributed by atoms with Crippen molar-refractivity contribution >= 4 is 6.29 Å². The molecule has 0 spiro atoms. The summed E-state index contributed by atoms with van der Waals surface area (Å²) in [6.07, 6.45) is 3.70. The first-order chi connectivity index (χ1) is 13.3. The van der Waals surface area contributed by atoms with E-state index in [9.17, 15) is 4.79 Å². The van der Waals surface area contributed by atoms with E-state index in [1.807, 2.05) is 6.07 Å². The summed E-state index contributed by atoms with van der Waals surface area (Å²) >= 11 is 0. The van der Waals surface area contributed by atoms with Crippen LogP contribution >= 0.6 is 0 Å². The van der Waals surface area contributed by atoms with Crippen LogP contribution in [0.2, 0.25) is 0 Å². The predicted molar refractivity (Wildman–Crippen MR) is 113 cm³/mol. The fourth-order valence-electron chi connectivity index (χ4n) is 2.94. The lowest BCUT2D eigenvalue weighted by molar-refractivity contribution is 0.112. The van der Waals surface area contributed by atoms with E-state index in [4.69, 9.17) is 14.2 Å². The van der Waals surface area contributed by atoms with Crippen LogP contribution in [0, 0.1) is 0 Å². The highest BCUT2D eigenvalue weighted by atomic mass is 16.5. The lowest BCUT2D eigenvalue weighted by Crippen LogP contribution is -2.13. The van der Waals surface area contributed by atoms with Crippen LogP contribution in [-0.2, 0) is 11.8 Å². The minimum Gasteiger partial charge on any atom is -0.493 e. The maximum atomic E-state index is 11.4. The second-order valence-corrected chi connectivity index (χ2v) is 7.91. The van der Waals surface area contributed by atoms with Crippen LogP contribution < -0.4 is 14.2 Å². The third kappa shape index (κ3) is 5.28. The Morgan fingerprint density at radius 1 is 1.00 bits per heavy atom. The molecule has 2 aromatic rings. The highest BCUT2D eigenvalue weighted by molar-refractivity contribution is 5.78. The predicted octanol–water partition coefficient (Wildman–Crippen LogP) is 6.34. The summed E-state index contributed by atoms with van der Waals surface area (Å²) in [7, 11) is 1.57. The molecule has 0 atom stereocenters. The van der Waals surface area contributed by atoms with E-state index >= 15 is 0 Å². The van der Waals surface area contributed by atoms with Crippen LogP contribution in [0.1, 0.15) is 68.9 Å². The van der Waals surface area contributed by atoms with Gasteiger partial charge >= 0.3 is 0 Å². The van der Waals surface area contributed by atoms with Gasteiger partial charge in [-0.15, -0.1) is 0 Å². The summed E-state index contributed by atoms with van der Waals surface area (Å²) in [5.74, 6) is 2.28. The minimum atomic E-state index is -0.0872. The van der Waals surface area contributed by atoms with Crippen LogP contribution in [0.5, 0.6) is 23.0 Å². The van der Waals surface area contributed by atoms with Crippen molar-refractivity contribution in [2.75, 3.05) is 13.7 Å². The van der Waals surface area contributed by atoms with Crippen LogP contribution in [0.25, 0.3) is 0 Å². The zero-order valence-corrected chi connectivity index (χ0v) is 17.9. The highest BCUT2D eigenvalue weighted by Crippen LogP contribution is 2.43. The number of unbranched alkanes of at least 4 members (excludes halogenated alkanes) is 1. The monoisotopic (exact) mass is 384 g/mol. The first-order valence-electron chi connectivity index (χ1n) is 9.95. The van der Waals surface area contributed by atoms with Gasteiger partial charge in [-0.1, -0.05) is 53.2 Å². The molecule has 0 bridgehead atoms. The van der Waals surface area contributed by atoms with Gasteiger partial charge in [-0.2, -0.15) is 0 Å². The highest BCUT2D eigenvalue weighted by Gasteiger charge is 2.22. The SMILES string of the molecule is CCCCOc1c(OC)cc(C=O)cc1Oc1ccc(CC)cc1C(C)(C)C. The van der Waals surface area contributed by atoms with Gasteiger partial charge in [0.05, 0.1) is 13.7 Å². The molecule has 0 N–H and O–H groups in total. The summed E-state index contributed by atoms with van der Waals surface area (Å²) in [4.78, 5) is 11.4. The van der Waals surface area contributed by atoms with Crippen molar-refractivity contribution in [3.63, 3.8) is 0 Å². The first-order valence-corrected chi connectivity index (χ1v) is 9.95. The molecular formula is C24H32O4. The lowest BCUT2D eigenvalue weighted by atomic mass is 9.85. The molecule has 0 amide bonds. The standard InChI is InChI=1S/C24H32O4/c1-7-9-12-27-23-21(26-6)14-18(16-25)15-22(23)28-20-11-10-17(8-2)13-19(20)24(3,4)5/h10-11,13-16H,7-9,12H2,1-6H3. The number of carbonyl (C=O) groups excluding carboxylic acids is 1. The molecule has 0 radical (unpaired) electrons. The van der Waals surface area contributed by atoms with Gasteiger partial charge in [0.1, 0.15) is 12.0 Å². The third-order valence-electron chi connectivity index (χ3n) is 4.62. The number of ether oxygens (including phenoxy) is 3. The van der Waals surface area contributed by atoms with Crippen molar-refractivity contribution < 1.29 is 19.0 Å². The molecule has 0 aliphatic rings. The molecule has 2 rings (SSSR count). The first kappa shape index (κ1) is 21.8. The van der Waals surface area contributed by atoms with Gasteiger partial charge < -0.3 is 14.2 Å². The zero-order valence-electron chi connectivity index (χ0n) is 17.9. The van der Waals surface area contributed by atoms with Crippen LogP contribution in [0.15, 0.2) is 30.3 Å². The zero-order chi connectivity index (χ0) is 20.7. The van der Waals surface area contributed by atoms with Gasteiger partial charge in [0.25, 0.3) is 0 Å². The van der Waals surface area contributed by atoms with Crippen molar-refractivity contribution in [3.05, 3.63) is 47.0 Å². The number of aryl methyl sites for hydroxylation is 1. The molecule has 0 aliphatic heterocycles. The van der Waals surface area contributed by atoms with E-state index in [0.717, 1.165) is 36.9 Å². The molecule has 4 nitrogen and oxygen atoms in total. The lowest BCUT2D eigenvalue weighted by Gasteiger charge is -2.24. The Bertz CT molecular complexity index is 803. The number of hydrogen-bond acceptors (Lipinski definition) is 4. The smallest absolute Gasteiger partial charge is 0.204 e. The Morgan fingerprint density at radius 2 is 1.71 bits per heavy atom. The molecular weight excluding hydrogens is 352 g/mol. The van der Waals surface area contributed by atoms with Crippen LogP contribution in [-0.4, -0.2) is 20.0 Å². The van der Waals surface area contributed by atoms with E-state index in [0.29, 0.717) is 29.4 Å². The van der Waals surface area contributed by atoms with Gasteiger partial charge in [0, 0.05) is 11.1 Å². The molecule has 152 valence electrons. The summed E-state index contributed by atoms with van der Waals surface area (Å²) in [6, 6.07) is 9.63. The molecule has 0 fully saturated rings. The summed E-state index contributed by atoms with van der Waals surface area (Å²) < 4.78 is 17.8. The van der Waals surface area contributed by atoms with E-state index in [1.165, 1.54) is 5.56 Å². The van der Waals surface area contributed by atoms with Gasteiger partial charge in [-0.25, -0.2) is 0 Å². The van der Waals surface area contributed by atoms with E-state index < -0.39 is 0 Å². The molecule has 0 unspecified atom stereocenters. The van der Waals surface area contributed by atoms with Crippen molar-refractivity contribution in [2.45, 2.75) is 59.3 Å². The minimum absolute atomic E-state index is 0.0872. The Labute approximate surface area is 168 Å². The second kappa shape index (κ2) is 9.63. The average Bonchev–Trinajstić information content (AvgIpc) is 2.68. The molecule has 0 aromatic heterocycles. The van der Waals surface area contributed by atoms with Gasteiger partial charge in [0.2, 0.25) is 5.75 Å². The molecule has 0 saturated heterocycles.